The minimum Gasteiger partial charge on any atom is -0.227 e. The van der Waals surface area contributed by atoms with Crippen LogP contribution in [0.3, 0.4) is 0 Å². The summed E-state index contributed by atoms with van der Waals surface area (Å²) in [5.74, 6) is 0. The Kier molecular flexibility index (Phi) is 3.39. The summed E-state index contributed by atoms with van der Waals surface area (Å²) in [4.78, 5) is 12.1. The highest BCUT2D eigenvalue weighted by Gasteiger charge is 2.42. The van der Waals surface area contributed by atoms with Crippen molar-refractivity contribution in [1.29, 1.82) is 5.26 Å². The molecule has 1 N–H and O–H groups in total. The molecule has 1 atom stereocenters. The lowest BCUT2D eigenvalue weighted by Gasteiger charge is -2.14. The third kappa shape index (κ3) is 2.34. The van der Waals surface area contributed by atoms with Crippen LogP contribution in [0.25, 0.3) is 0 Å². The van der Waals surface area contributed by atoms with E-state index in [0.717, 1.165) is 37.1 Å². The normalized spacial score (nSPS) is 21.4. The first kappa shape index (κ1) is 14.6. The number of urea groups is 1. The molecule has 1 heterocycles. The number of nitrogens with one attached hydrogen (secondary N) is 1. The van der Waals surface area contributed by atoms with Crippen molar-refractivity contribution in [3.05, 3.63) is 29.3 Å². The molecule has 1 saturated carbocycles. The number of fused-ring (bicyclic) bond motifs is 1. The van der Waals surface area contributed by atoms with Gasteiger partial charge in [-0.25, -0.2) is 5.32 Å². The summed E-state index contributed by atoms with van der Waals surface area (Å²) in [6.45, 7) is 0. The Morgan fingerprint density at radius 3 is 2.77 bits per heavy atom. The fourth-order valence-corrected chi connectivity index (χ4v) is 3.05. The fourth-order valence-electron chi connectivity index (χ4n) is 3.05. The van der Waals surface area contributed by atoms with E-state index in [1.165, 1.54) is 10.6 Å². The molecule has 4 nitrogen and oxygen atoms in total. The number of amides is 2. The number of hydrogen-bond acceptors (Lipinski definition) is 2. The Hall–Kier alpha value is -2.36. The first-order valence-electron chi connectivity index (χ1n) is 6.99. The van der Waals surface area contributed by atoms with Crippen LogP contribution in [0.4, 0.5) is 23.7 Å². The van der Waals surface area contributed by atoms with E-state index in [1.54, 1.807) is 6.07 Å². The van der Waals surface area contributed by atoms with Crippen molar-refractivity contribution in [2.75, 3.05) is 0 Å². The van der Waals surface area contributed by atoms with E-state index in [1.807, 2.05) is 0 Å². The van der Waals surface area contributed by atoms with E-state index in [-0.39, 0.29) is 11.7 Å². The molecule has 1 aromatic carbocycles. The van der Waals surface area contributed by atoms with Crippen LogP contribution in [0, 0.1) is 11.3 Å². The molecule has 1 fully saturated rings. The average Bonchev–Trinajstić information content (AvgIpc) is 2.81. The van der Waals surface area contributed by atoms with Gasteiger partial charge >= 0.3 is 12.2 Å². The van der Waals surface area contributed by atoms with E-state index < -0.39 is 23.3 Å². The first-order chi connectivity index (χ1) is 10.4. The summed E-state index contributed by atoms with van der Waals surface area (Å²) >= 11 is 0. The van der Waals surface area contributed by atoms with Gasteiger partial charge in [0.15, 0.2) is 6.04 Å². The monoisotopic (exact) mass is 308 g/mol. The van der Waals surface area contributed by atoms with E-state index in [4.69, 9.17) is 5.26 Å². The van der Waals surface area contributed by atoms with Gasteiger partial charge in [0.1, 0.15) is 11.4 Å². The van der Waals surface area contributed by atoms with Crippen LogP contribution in [-0.4, -0.2) is 22.4 Å². The van der Waals surface area contributed by atoms with E-state index in [9.17, 15) is 18.0 Å². The Labute approximate surface area is 124 Å². The zero-order valence-corrected chi connectivity index (χ0v) is 11.6. The summed E-state index contributed by atoms with van der Waals surface area (Å²) in [7, 11) is 0. The van der Waals surface area contributed by atoms with Gasteiger partial charge in [0.25, 0.3) is 0 Å². The molecule has 1 unspecified atom stereocenters. The minimum atomic E-state index is -4.63. The Morgan fingerprint density at radius 2 is 2.09 bits per heavy atom. The van der Waals surface area contributed by atoms with Gasteiger partial charge < -0.3 is 0 Å². The number of rotatable bonds is 1. The molecule has 0 radical (unpaired) electrons. The molecule has 0 bridgehead atoms. The molecule has 2 aliphatic rings. The molecule has 114 valence electrons. The number of carbonyl (C=O) groups is 1. The summed E-state index contributed by atoms with van der Waals surface area (Å²) in [6.07, 6.45) is -1.23. The lowest BCUT2D eigenvalue weighted by molar-refractivity contribution is -0.327. The van der Waals surface area contributed by atoms with Crippen LogP contribution in [0.5, 0.6) is 0 Å². The number of halogens is 3. The van der Waals surface area contributed by atoms with Gasteiger partial charge in [0, 0.05) is 6.42 Å². The second-order valence-corrected chi connectivity index (χ2v) is 5.41. The third-order valence-electron chi connectivity index (χ3n) is 4.05. The van der Waals surface area contributed by atoms with Crippen LogP contribution in [0.2, 0.25) is 0 Å². The van der Waals surface area contributed by atoms with Crippen molar-refractivity contribution in [2.45, 2.75) is 37.9 Å². The Morgan fingerprint density at radius 1 is 1.32 bits per heavy atom. The van der Waals surface area contributed by atoms with Crippen molar-refractivity contribution in [3.8, 4) is 6.07 Å². The standard InChI is InChI=1S/C15H12F3N3O/c16-15(17,18)11-7-10(6-5-9(11)8-19)21-13-4-2-1-3-12(13)20-14(21)22/h5-7,12H,1-4H2/p+1. The Balaban J connectivity index is 2.13. The first-order valence-corrected chi connectivity index (χ1v) is 6.99. The molecule has 1 aliphatic carbocycles. The molecule has 7 heteroatoms. The fraction of sp³-hybridized carbons (Fsp3) is 0.400. The summed E-state index contributed by atoms with van der Waals surface area (Å²) in [5, 5.41) is 11.6. The van der Waals surface area contributed by atoms with Crippen molar-refractivity contribution in [2.24, 2.45) is 0 Å². The maximum absolute atomic E-state index is 13.1. The Bertz CT molecular complexity index is 716. The number of nitrogens with zero attached hydrogens (tertiary/aromatic N) is 2. The van der Waals surface area contributed by atoms with E-state index in [0.29, 0.717) is 6.42 Å². The number of carbonyl (C=O) groups excluding carboxylic acids is 1. The highest BCUT2D eigenvalue weighted by atomic mass is 19.4. The van der Waals surface area contributed by atoms with Gasteiger partial charge in [-0.1, -0.05) is 0 Å². The lowest BCUT2D eigenvalue weighted by atomic mass is 9.94. The number of nitriles is 1. The van der Waals surface area contributed by atoms with Crippen LogP contribution >= 0.6 is 0 Å². The van der Waals surface area contributed by atoms with Gasteiger partial charge in [-0.2, -0.15) is 27.8 Å². The summed E-state index contributed by atoms with van der Waals surface area (Å²) in [6, 6.07) is 4.42. The number of hydrogen-bond donors (Lipinski definition) is 1. The topological polar surface area (TPSA) is 55.9 Å². The molecule has 22 heavy (non-hydrogen) atoms. The van der Waals surface area contributed by atoms with E-state index >= 15 is 0 Å². The predicted molar refractivity (Wildman–Crippen MR) is 71.9 cm³/mol. The molecule has 1 aromatic rings. The lowest BCUT2D eigenvalue weighted by Crippen LogP contribution is -2.33. The zero-order chi connectivity index (χ0) is 15.9. The maximum Gasteiger partial charge on any atom is 0.496 e. The molecular formula is C15H13F3N3O+. The quantitative estimate of drug-likeness (QED) is 0.809. The van der Waals surface area contributed by atoms with Gasteiger partial charge in [-0.15, -0.1) is 0 Å². The maximum atomic E-state index is 13.1. The molecule has 0 spiro atoms. The van der Waals surface area contributed by atoms with E-state index in [2.05, 4.69) is 5.32 Å². The summed E-state index contributed by atoms with van der Waals surface area (Å²) < 4.78 is 40.5. The van der Waals surface area contributed by atoms with Crippen LogP contribution in [0.1, 0.15) is 36.8 Å². The highest BCUT2D eigenvalue weighted by Crippen LogP contribution is 2.35. The largest absolute Gasteiger partial charge is 0.496 e. The predicted octanol–water partition coefficient (Wildman–Crippen LogP) is 3.33. The SMILES string of the molecule is N#Cc1ccc([N+]2=C3CCCCC3NC2=O)cc1C(F)(F)F. The molecule has 0 aromatic heterocycles. The highest BCUT2D eigenvalue weighted by molar-refractivity contribution is 5.97. The van der Waals surface area contributed by atoms with Gasteiger partial charge in [-0.3, -0.25) is 0 Å². The van der Waals surface area contributed by atoms with Gasteiger partial charge in [0.2, 0.25) is 0 Å². The summed E-state index contributed by atoms with van der Waals surface area (Å²) in [5.41, 5.74) is -0.487. The van der Waals surface area contributed by atoms with Crippen molar-refractivity contribution in [3.63, 3.8) is 0 Å². The van der Waals surface area contributed by atoms with Crippen LogP contribution in [-0.2, 0) is 6.18 Å². The van der Waals surface area contributed by atoms with Crippen LogP contribution in [0.15, 0.2) is 18.2 Å². The molecule has 1 aliphatic heterocycles. The smallest absolute Gasteiger partial charge is 0.227 e. The van der Waals surface area contributed by atoms with Crippen molar-refractivity contribution < 1.29 is 22.5 Å². The van der Waals surface area contributed by atoms with Gasteiger partial charge in [-0.05, 0) is 37.5 Å². The van der Waals surface area contributed by atoms with Crippen molar-refractivity contribution in [1.82, 2.24) is 5.32 Å². The number of benzene rings is 1. The molecular weight excluding hydrogens is 295 g/mol. The molecule has 0 saturated heterocycles. The molecule has 2 amide bonds. The molecule has 3 rings (SSSR count). The van der Waals surface area contributed by atoms with Crippen molar-refractivity contribution >= 4 is 17.4 Å². The second kappa shape index (κ2) is 5.13. The second-order valence-electron chi connectivity index (χ2n) is 5.41. The van der Waals surface area contributed by atoms with Gasteiger partial charge in [0.05, 0.1) is 17.2 Å². The third-order valence-corrected chi connectivity index (χ3v) is 4.05. The minimum absolute atomic E-state index is 0.0915. The zero-order valence-electron chi connectivity index (χ0n) is 11.6. The average molecular weight is 308 g/mol. The van der Waals surface area contributed by atoms with Crippen LogP contribution < -0.4 is 5.32 Å². The number of alkyl halides is 3.